The molecule has 1 aromatic rings. The molecule has 0 aromatic carbocycles. The summed E-state index contributed by atoms with van der Waals surface area (Å²) in [4.78, 5) is 12.1. The summed E-state index contributed by atoms with van der Waals surface area (Å²) >= 11 is 0. The monoisotopic (exact) mass is 265 g/mol. The van der Waals surface area contributed by atoms with E-state index in [-0.39, 0.29) is 18.9 Å². The highest BCUT2D eigenvalue weighted by atomic mass is 16.3. The second-order valence-corrected chi connectivity index (χ2v) is 5.72. The molecular weight excluding hydrogens is 242 g/mol. The lowest BCUT2D eigenvalue weighted by atomic mass is 9.76. The van der Waals surface area contributed by atoms with Crippen molar-refractivity contribution in [2.75, 3.05) is 6.61 Å². The number of carbonyl (C=O) groups is 1. The van der Waals surface area contributed by atoms with Crippen molar-refractivity contribution in [2.24, 2.45) is 5.92 Å². The summed E-state index contributed by atoms with van der Waals surface area (Å²) in [6, 6.07) is 1.79. The van der Waals surface area contributed by atoms with Gasteiger partial charge in [-0.3, -0.25) is 9.89 Å². The zero-order chi connectivity index (χ0) is 13.7. The fourth-order valence-electron chi connectivity index (χ4n) is 2.93. The van der Waals surface area contributed by atoms with Crippen molar-refractivity contribution in [3.63, 3.8) is 0 Å². The molecule has 0 radical (unpaired) electrons. The van der Waals surface area contributed by atoms with Crippen molar-refractivity contribution < 1.29 is 9.90 Å². The quantitative estimate of drug-likeness (QED) is 0.753. The van der Waals surface area contributed by atoms with Crippen LogP contribution in [0, 0.1) is 5.92 Å². The molecule has 0 bridgehead atoms. The normalized spacial score (nSPS) is 19.9. The highest BCUT2D eigenvalue weighted by molar-refractivity contribution is 5.78. The Hall–Kier alpha value is -1.36. The molecular formula is C14H23N3O2. The predicted octanol–water partition coefficient (Wildman–Crippen LogP) is 1.40. The van der Waals surface area contributed by atoms with Gasteiger partial charge in [-0.1, -0.05) is 19.3 Å². The molecule has 1 heterocycles. The first-order chi connectivity index (χ1) is 9.14. The van der Waals surface area contributed by atoms with Crippen molar-refractivity contribution >= 4 is 5.91 Å². The third-order valence-corrected chi connectivity index (χ3v) is 4.17. The summed E-state index contributed by atoms with van der Waals surface area (Å²) in [6.07, 6.45) is 7.73. The molecule has 1 amide bonds. The number of carbonyl (C=O) groups excluding carboxylic acids is 1. The molecule has 5 heteroatoms. The highest BCUT2D eigenvalue weighted by Gasteiger charge is 2.35. The highest BCUT2D eigenvalue weighted by Crippen LogP contribution is 2.32. The van der Waals surface area contributed by atoms with Crippen molar-refractivity contribution in [1.29, 1.82) is 0 Å². The maximum atomic E-state index is 12.1. The first kappa shape index (κ1) is 14.1. The van der Waals surface area contributed by atoms with Gasteiger partial charge in [0, 0.05) is 11.9 Å². The molecule has 1 aliphatic carbocycles. The number of aliphatic hydroxyl groups excluding tert-OH is 1. The number of aromatic nitrogens is 2. The summed E-state index contributed by atoms with van der Waals surface area (Å²) < 4.78 is 0. The topological polar surface area (TPSA) is 78.0 Å². The Morgan fingerprint density at radius 2 is 2.26 bits per heavy atom. The van der Waals surface area contributed by atoms with E-state index in [1.165, 1.54) is 19.3 Å². The molecule has 1 aliphatic rings. The average molecular weight is 265 g/mol. The van der Waals surface area contributed by atoms with E-state index in [0.29, 0.717) is 5.92 Å². The molecule has 1 atom stereocenters. The number of aliphatic hydroxyl groups is 1. The number of nitrogens with one attached hydrogen (secondary N) is 2. The summed E-state index contributed by atoms with van der Waals surface area (Å²) in [6.45, 7) is 1.94. The Labute approximate surface area is 113 Å². The molecule has 0 spiro atoms. The molecule has 1 aromatic heterocycles. The van der Waals surface area contributed by atoms with Crippen LogP contribution in [0.3, 0.4) is 0 Å². The SMILES string of the molecule is C[C@](CO)(NC(=O)Cc1ccn[nH]1)C1CCCCC1. The van der Waals surface area contributed by atoms with Gasteiger partial charge in [-0.25, -0.2) is 0 Å². The van der Waals surface area contributed by atoms with E-state index in [1.54, 1.807) is 12.3 Å². The summed E-state index contributed by atoms with van der Waals surface area (Å²) in [5.41, 5.74) is 0.291. The van der Waals surface area contributed by atoms with Crippen LogP contribution in [0.4, 0.5) is 0 Å². The Bertz CT molecular complexity index is 399. The molecule has 2 rings (SSSR count). The number of amides is 1. The summed E-state index contributed by atoms with van der Waals surface area (Å²) in [7, 11) is 0. The van der Waals surface area contributed by atoms with Crippen LogP contribution in [0.25, 0.3) is 0 Å². The van der Waals surface area contributed by atoms with Crippen LogP contribution in [-0.2, 0) is 11.2 Å². The zero-order valence-electron chi connectivity index (χ0n) is 11.5. The Morgan fingerprint density at radius 1 is 1.53 bits per heavy atom. The van der Waals surface area contributed by atoms with E-state index in [1.807, 2.05) is 6.92 Å². The van der Waals surface area contributed by atoms with Crippen molar-refractivity contribution in [2.45, 2.75) is 51.0 Å². The Balaban J connectivity index is 1.94. The van der Waals surface area contributed by atoms with E-state index in [9.17, 15) is 9.90 Å². The van der Waals surface area contributed by atoms with Crippen LogP contribution in [-0.4, -0.2) is 33.4 Å². The average Bonchev–Trinajstić information content (AvgIpc) is 2.92. The van der Waals surface area contributed by atoms with Crippen LogP contribution in [0.1, 0.15) is 44.7 Å². The van der Waals surface area contributed by atoms with Gasteiger partial charge in [-0.05, 0) is 31.7 Å². The molecule has 5 nitrogen and oxygen atoms in total. The van der Waals surface area contributed by atoms with E-state index in [4.69, 9.17) is 0 Å². The van der Waals surface area contributed by atoms with Gasteiger partial charge in [0.2, 0.25) is 5.91 Å². The van der Waals surface area contributed by atoms with Crippen LogP contribution >= 0.6 is 0 Å². The van der Waals surface area contributed by atoms with Crippen LogP contribution in [0.5, 0.6) is 0 Å². The minimum absolute atomic E-state index is 0.00756. The molecule has 0 saturated heterocycles. The second-order valence-electron chi connectivity index (χ2n) is 5.72. The van der Waals surface area contributed by atoms with Crippen molar-refractivity contribution in [1.82, 2.24) is 15.5 Å². The zero-order valence-corrected chi connectivity index (χ0v) is 11.5. The second kappa shape index (κ2) is 6.19. The Kier molecular flexibility index (Phi) is 4.58. The van der Waals surface area contributed by atoms with Gasteiger partial charge in [-0.2, -0.15) is 5.10 Å². The minimum Gasteiger partial charge on any atom is -0.394 e. The van der Waals surface area contributed by atoms with Gasteiger partial charge < -0.3 is 10.4 Å². The lowest BCUT2D eigenvalue weighted by molar-refractivity contribution is -0.123. The number of hydrogen-bond acceptors (Lipinski definition) is 3. The smallest absolute Gasteiger partial charge is 0.226 e. The van der Waals surface area contributed by atoms with E-state index in [2.05, 4.69) is 15.5 Å². The summed E-state index contributed by atoms with van der Waals surface area (Å²) in [5.74, 6) is 0.309. The number of aromatic amines is 1. The largest absolute Gasteiger partial charge is 0.394 e. The van der Waals surface area contributed by atoms with Crippen LogP contribution < -0.4 is 5.32 Å². The maximum absolute atomic E-state index is 12.1. The van der Waals surface area contributed by atoms with Gasteiger partial charge in [0.15, 0.2) is 0 Å². The fourth-order valence-corrected chi connectivity index (χ4v) is 2.93. The number of rotatable bonds is 5. The molecule has 1 fully saturated rings. The first-order valence-corrected chi connectivity index (χ1v) is 7.04. The fraction of sp³-hybridized carbons (Fsp3) is 0.714. The maximum Gasteiger partial charge on any atom is 0.226 e. The van der Waals surface area contributed by atoms with E-state index in [0.717, 1.165) is 18.5 Å². The predicted molar refractivity (Wildman–Crippen MR) is 72.5 cm³/mol. The Morgan fingerprint density at radius 3 is 2.84 bits per heavy atom. The van der Waals surface area contributed by atoms with Gasteiger partial charge in [0.1, 0.15) is 0 Å². The number of nitrogens with zero attached hydrogens (tertiary/aromatic N) is 1. The van der Waals surface area contributed by atoms with Gasteiger partial charge in [0.05, 0.1) is 18.6 Å². The lowest BCUT2D eigenvalue weighted by Gasteiger charge is -2.39. The van der Waals surface area contributed by atoms with Crippen molar-refractivity contribution in [3.8, 4) is 0 Å². The molecule has 0 aliphatic heterocycles. The standard InChI is InChI=1S/C14H23N3O2/c1-14(10-18,11-5-3-2-4-6-11)16-13(19)9-12-7-8-15-17-12/h7-8,11,18H,2-6,9-10H2,1H3,(H,15,17)(H,16,19)/t14-/m1/s1. The molecule has 19 heavy (non-hydrogen) atoms. The van der Waals surface area contributed by atoms with Gasteiger partial charge in [0.25, 0.3) is 0 Å². The lowest BCUT2D eigenvalue weighted by Crippen LogP contribution is -2.55. The van der Waals surface area contributed by atoms with Gasteiger partial charge >= 0.3 is 0 Å². The third kappa shape index (κ3) is 3.56. The van der Waals surface area contributed by atoms with Gasteiger partial charge in [-0.15, -0.1) is 0 Å². The molecule has 3 N–H and O–H groups in total. The number of H-pyrrole nitrogens is 1. The summed E-state index contributed by atoms with van der Waals surface area (Å²) in [5, 5.41) is 19.3. The van der Waals surface area contributed by atoms with Crippen LogP contribution in [0.2, 0.25) is 0 Å². The molecule has 106 valence electrons. The first-order valence-electron chi connectivity index (χ1n) is 7.04. The van der Waals surface area contributed by atoms with E-state index < -0.39 is 5.54 Å². The van der Waals surface area contributed by atoms with Crippen LogP contribution in [0.15, 0.2) is 12.3 Å². The molecule has 0 unspecified atom stereocenters. The van der Waals surface area contributed by atoms with Crippen molar-refractivity contribution in [3.05, 3.63) is 18.0 Å². The number of hydrogen-bond donors (Lipinski definition) is 3. The van der Waals surface area contributed by atoms with E-state index >= 15 is 0 Å². The molecule has 1 saturated carbocycles. The minimum atomic E-state index is -0.502. The third-order valence-electron chi connectivity index (χ3n) is 4.17.